The number of amides is 1. The van der Waals surface area contributed by atoms with Crippen LogP contribution in [-0.2, 0) is 0 Å². The number of hydrogen-bond acceptors (Lipinski definition) is 2. The molecule has 0 saturated heterocycles. The Hall–Kier alpha value is -1.77. The van der Waals surface area contributed by atoms with Crippen molar-refractivity contribution < 1.29 is 9.53 Å². The van der Waals surface area contributed by atoms with Crippen LogP contribution in [0.5, 0.6) is 5.75 Å². The zero-order valence-corrected chi connectivity index (χ0v) is 8.07. The van der Waals surface area contributed by atoms with Crippen LogP contribution in [0.25, 0.3) is 0 Å². The predicted octanol–water partition coefficient (Wildman–Crippen LogP) is 2.70. The lowest BCUT2D eigenvalue weighted by molar-refractivity contribution is 0.204. The summed E-state index contributed by atoms with van der Waals surface area (Å²) in [6.07, 6.45) is 3.82. The van der Waals surface area contributed by atoms with Crippen LogP contribution in [0, 0.1) is 0 Å². The first-order valence-corrected chi connectivity index (χ1v) is 4.51. The van der Waals surface area contributed by atoms with E-state index in [9.17, 15) is 4.79 Å². The molecule has 1 rings (SSSR count). The van der Waals surface area contributed by atoms with Gasteiger partial charge in [0.2, 0.25) is 0 Å². The van der Waals surface area contributed by atoms with E-state index < -0.39 is 6.09 Å². The van der Waals surface area contributed by atoms with Crippen molar-refractivity contribution in [1.82, 2.24) is 5.32 Å². The number of hydrogen-bond donors (Lipinski definition) is 1. The molecule has 1 aromatic rings. The Balaban J connectivity index is 2.38. The summed E-state index contributed by atoms with van der Waals surface area (Å²) in [5, 5.41) is 2.49. The van der Waals surface area contributed by atoms with E-state index in [1.54, 1.807) is 18.3 Å². The standard InChI is InChI=1S/C11H13NO2/c1-2-3-9-12-11(13)14-10-7-5-4-6-8-10/h3-9H,2H2,1H3,(H,12,13). The van der Waals surface area contributed by atoms with Gasteiger partial charge in [-0.25, -0.2) is 4.79 Å². The number of ether oxygens (including phenoxy) is 1. The van der Waals surface area contributed by atoms with Crippen molar-refractivity contribution >= 4 is 6.09 Å². The summed E-state index contributed by atoms with van der Waals surface area (Å²) in [4.78, 5) is 11.1. The van der Waals surface area contributed by atoms with E-state index in [2.05, 4.69) is 5.32 Å². The van der Waals surface area contributed by atoms with Crippen LogP contribution in [0.1, 0.15) is 13.3 Å². The summed E-state index contributed by atoms with van der Waals surface area (Å²) in [6.45, 7) is 1.99. The van der Waals surface area contributed by atoms with E-state index in [-0.39, 0.29) is 0 Å². The molecule has 3 heteroatoms. The minimum atomic E-state index is -0.471. The Labute approximate surface area is 83.4 Å². The summed E-state index contributed by atoms with van der Waals surface area (Å²) in [5.41, 5.74) is 0. The van der Waals surface area contributed by atoms with Gasteiger partial charge in [-0.2, -0.15) is 0 Å². The maximum atomic E-state index is 11.1. The molecule has 0 fully saturated rings. The zero-order chi connectivity index (χ0) is 10.2. The molecule has 0 heterocycles. The second-order valence-corrected chi connectivity index (χ2v) is 2.66. The van der Waals surface area contributed by atoms with Gasteiger partial charge in [-0.1, -0.05) is 31.2 Å². The van der Waals surface area contributed by atoms with Gasteiger partial charge < -0.3 is 4.74 Å². The van der Waals surface area contributed by atoms with Crippen molar-refractivity contribution in [1.29, 1.82) is 0 Å². The highest BCUT2D eigenvalue weighted by Crippen LogP contribution is 2.07. The average molecular weight is 191 g/mol. The molecule has 14 heavy (non-hydrogen) atoms. The first-order valence-electron chi connectivity index (χ1n) is 4.51. The van der Waals surface area contributed by atoms with Gasteiger partial charge in [-0.3, -0.25) is 5.32 Å². The van der Waals surface area contributed by atoms with Gasteiger partial charge in [0.1, 0.15) is 5.75 Å². The fraction of sp³-hybridized carbons (Fsp3) is 0.182. The molecule has 1 aromatic carbocycles. The third-order valence-electron chi connectivity index (χ3n) is 1.51. The summed E-state index contributed by atoms with van der Waals surface area (Å²) in [6, 6.07) is 8.93. The molecule has 1 N–H and O–H groups in total. The van der Waals surface area contributed by atoms with Crippen LogP contribution in [0.2, 0.25) is 0 Å². The third-order valence-corrected chi connectivity index (χ3v) is 1.51. The Kier molecular flexibility index (Phi) is 4.27. The van der Waals surface area contributed by atoms with Crippen molar-refractivity contribution in [2.75, 3.05) is 0 Å². The predicted molar refractivity (Wildman–Crippen MR) is 55.0 cm³/mol. The molecule has 3 nitrogen and oxygen atoms in total. The lowest BCUT2D eigenvalue weighted by Crippen LogP contribution is -2.21. The van der Waals surface area contributed by atoms with Crippen molar-refractivity contribution in [3.05, 3.63) is 42.6 Å². The number of rotatable bonds is 3. The summed E-state index contributed by atoms with van der Waals surface area (Å²) in [7, 11) is 0. The molecular formula is C11H13NO2. The van der Waals surface area contributed by atoms with Crippen LogP contribution in [0.15, 0.2) is 42.6 Å². The molecule has 0 bridgehead atoms. The Morgan fingerprint density at radius 1 is 1.43 bits per heavy atom. The maximum Gasteiger partial charge on any atom is 0.416 e. The van der Waals surface area contributed by atoms with Gasteiger partial charge >= 0.3 is 6.09 Å². The normalized spacial score (nSPS) is 10.1. The van der Waals surface area contributed by atoms with E-state index in [0.29, 0.717) is 5.75 Å². The number of para-hydroxylation sites is 1. The molecule has 0 spiro atoms. The van der Waals surface area contributed by atoms with Crippen molar-refractivity contribution in [2.45, 2.75) is 13.3 Å². The highest BCUT2D eigenvalue weighted by Gasteiger charge is 1.99. The SMILES string of the molecule is CCC=CNC(=O)Oc1ccccc1. The molecule has 0 atom stereocenters. The molecule has 0 aliphatic rings. The minimum absolute atomic E-state index is 0.471. The van der Waals surface area contributed by atoms with E-state index in [4.69, 9.17) is 4.74 Å². The van der Waals surface area contributed by atoms with Gasteiger partial charge in [-0.15, -0.1) is 0 Å². The summed E-state index contributed by atoms with van der Waals surface area (Å²) in [5.74, 6) is 0.537. The Morgan fingerprint density at radius 3 is 2.79 bits per heavy atom. The molecule has 0 aromatic heterocycles. The van der Waals surface area contributed by atoms with Gasteiger partial charge in [0.25, 0.3) is 0 Å². The third kappa shape index (κ3) is 3.76. The van der Waals surface area contributed by atoms with E-state index in [1.165, 1.54) is 0 Å². The van der Waals surface area contributed by atoms with Crippen LogP contribution < -0.4 is 10.1 Å². The van der Waals surface area contributed by atoms with Crippen molar-refractivity contribution in [2.24, 2.45) is 0 Å². The lowest BCUT2D eigenvalue weighted by atomic mass is 10.3. The van der Waals surface area contributed by atoms with Gasteiger partial charge in [0.05, 0.1) is 0 Å². The quantitative estimate of drug-likeness (QED) is 0.797. The van der Waals surface area contributed by atoms with Gasteiger partial charge in [0, 0.05) is 6.20 Å². The number of benzene rings is 1. The zero-order valence-electron chi connectivity index (χ0n) is 8.07. The lowest BCUT2D eigenvalue weighted by Gasteiger charge is -2.01. The topological polar surface area (TPSA) is 38.3 Å². The number of nitrogens with one attached hydrogen (secondary N) is 1. The fourth-order valence-electron chi connectivity index (χ4n) is 0.870. The molecule has 1 amide bonds. The molecule has 0 radical (unpaired) electrons. The highest BCUT2D eigenvalue weighted by atomic mass is 16.5. The average Bonchev–Trinajstić information content (AvgIpc) is 2.20. The van der Waals surface area contributed by atoms with Gasteiger partial charge in [-0.05, 0) is 18.6 Å². The number of allylic oxidation sites excluding steroid dienone is 1. The number of carbonyl (C=O) groups excluding carboxylic acids is 1. The summed E-state index contributed by atoms with van der Waals surface area (Å²) >= 11 is 0. The Bertz CT molecular complexity index is 306. The summed E-state index contributed by atoms with van der Waals surface area (Å²) < 4.78 is 4.96. The van der Waals surface area contributed by atoms with Crippen LogP contribution >= 0.6 is 0 Å². The van der Waals surface area contributed by atoms with E-state index in [0.717, 1.165) is 6.42 Å². The molecule has 0 aliphatic heterocycles. The highest BCUT2D eigenvalue weighted by molar-refractivity contribution is 5.71. The largest absolute Gasteiger partial charge is 0.416 e. The monoisotopic (exact) mass is 191 g/mol. The molecular weight excluding hydrogens is 178 g/mol. The second-order valence-electron chi connectivity index (χ2n) is 2.66. The van der Waals surface area contributed by atoms with Gasteiger partial charge in [0.15, 0.2) is 0 Å². The van der Waals surface area contributed by atoms with E-state index in [1.807, 2.05) is 31.2 Å². The Morgan fingerprint density at radius 2 is 2.14 bits per heavy atom. The molecule has 0 aliphatic carbocycles. The number of carbonyl (C=O) groups is 1. The fourth-order valence-corrected chi connectivity index (χ4v) is 0.870. The van der Waals surface area contributed by atoms with Crippen molar-refractivity contribution in [3.8, 4) is 5.75 Å². The van der Waals surface area contributed by atoms with Crippen LogP contribution in [0.3, 0.4) is 0 Å². The van der Waals surface area contributed by atoms with Crippen molar-refractivity contribution in [3.63, 3.8) is 0 Å². The smallest absolute Gasteiger partial charge is 0.410 e. The van der Waals surface area contributed by atoms with Crippen LogP contribution in [-0.4, -0.2) is 6.09 Å². The molecule has 0 saturated carbocycles. The maximum absolute atomic E-state index is 11.1. The first-order chi connectivity index (χ1) is 6.83. The van der Waals surface area contributed by atoms with E-state index >= 15 is 0 Å². The molecule has 74 valence electrons. The second kappa shape index (κ2) is 5.80. The van der Waals surface area contributed by atoms with Crippen LogP contribution in [0.4, 0.5) is 4.79 Å². The minimum Gasteiger partial charge on any atom is -0.410 e. The molecule has 0 unspecified atom stereocenters. The first kappa shape index (κ1) is 10.3.